The summed E-state index contributed by atoms with van der Waals surface area (Å²) in [5.74, 6) is 1.52. The number of hydrogen-bond donors (Lipinski definition) is 0. The molecule has 0 aliphatic rings. The van der Waals surface area contributed by atoms with E-state index in [0.29, 0.717) is 17.6 Å². The zero-order chi connectivity index (χ0) is 8.85. The molecule has 0 aromatic heterocycles. The van der Waals surface area contributed by atoms with Crippen molar-refractivity contribution in [1.82, 2.24) is 0 Å². The molecular weight excluding hydrogens is 136 g/mol. The number of hydrogen-bond acceptors (Lipinski definition) is 1. The third-order valence-corrected chi connectivity index (χ3v) is 1.91. The Hall–Kier alpha value is -0.330. The van der Waals surface area contributed by atoms with Gasteiger partial charge < -0.3 is 0 Å². The molecule has 66 valence electrons. The molecule has 0 spiro atoms. The molecule has 0 radical (unpaired) electrons. The Balaban J connectivity index is 3.52. The molecule has 0 aliphatic heterocycles. The van der Waals surface area contributed by atoms with Crippen LogP contribution in [0.3, 0.4) is 0 Å². The van der Waals surface area contributed by atoms with Crippen LogP contribution in [0.15, 0.2) is 0 Å². The van der Waals surface area contributed by atoms with Gasteiger partial charge in [-0.3, -0.25) is 4.79 Å². The van der Waals surface area contributed by atoms with E-state index in [0.717, 1.165) is 19.3 Å². The van der Waals surface area contributed by atoms with Gasteiger partial charge in [-0.05, 0) is 11.8 Å². The highest BCUT2D eigenvalue weighted by Crippen LogP contribution is 2.11. The first-order chi connectivity index (χ1) is 5.06. The Morgan fingerprint density at radius 1 is 1.18 bits per heavy atom. The number of Topliss-reactive ketones (excluding diaryl/α,β-unsaturated/α-hetero) is 1. The Labute approximate surface area is 70.2 Å². The van der Waals surface area contributed by atoms with Gasteiger partial charge in [-0.25, -0.2) is 0 Å². The van der Waals surface area contributed by atoms with Crippen LogP contribution in [0.1, 0.15) is 47.0 Å². The molecule has 0 heterocycles. The molecule has 0 amide bonds. The van der Waals surface area contributed by atoms with Crippen LogP contribution in [-0.4, -0.2) is 5.78 Å². The van der Waals surface area contributed by atoms with E-state index in [1.807, 2.05) is 0 Å². The van der Waals surface area contributed by atoms with Gasteiger partial charge >= 0.3 is 0 Å². The second kappa shape index (κ2) is 5.34. The lowest BCUT2D eigenvalue weighted by Gasteiger charge is -2.08. The second-order valence-corrected chi connectivity index (χ2v) is 3.85. The average molecular weight is 156 g/mol. The van der Waals surface area contributed by atoms with Gasteiger partial charge in [-0.1, -0.05) is 34.1 Å². The minimum Gasteiger partial charge on any atom is -0.300 e. The molecule has 0 saturated heterocycles. The SMILES string of the molecule is CCC(C)CC(=O)CC(C)C. The summed E-state index contributed by atoms with van der Waals surface area (Å²) < 4.78 is 0. The van der Waals surface area contributed by atoms with Crippen molar-refractivity contribution in [3.05, 3.63) is 0 Å². The van der Waals surface area contributed by atoms with E-state index < -0.39 is 0 Å². The summed E-state index contributed by atoms with van der Waals surface area (Å²) in [5, 5.41) is 0. The minimum atomic E-state index is 0.425. The van der Waals surface area contributed by atoms with Crippen molar-refractivity contribution in [2.24, 2.45) is 11.8 Å². The van der Waals surface area contributed by atoms with Gasteiger partial charge in [0.25, 0.3) is 0 Å². The summed E-state index contributed by atoms with van der Waals surface area (Å²) in [4.78, 5) is 11.2. The van der Waals surface area contributed by atoms with Gasteiger partial charge in [-0.15, -0.1) is 0 Å². The molecule has 0 N–H and O–H groups in total. The standard InChI is InChI=1S/C10H20O/c1-5-9(4)7-10(11)6-8(2)3/h8-9H,5-7H2,1-4H3. The Morgan fingerprint density at radius 3 is 2.09 bits per heavy atom. The van der Waals surface area contributed by atoms with E-state index in [1.165, 1.54) is 0 Å². The van der Waals surface area contributed by atoms with Gasteiger partial charge in [0.15, 0.2) is 0 Å². The average Bonchev–Trinajstić information content (AvgIpc) is 1.85. The summed E-state index contributed by atoms with van der Waals surface area (Å²) in [6.07, 6.45) is 2.64. The maximum atomic E-state index is 11.2. The third kappa shape index (κ3) is 6.08. The van der Waals surface area contributed by atoms with Crippen LogP contribution in [0, 0.1) is 11.8 Å². The second-order valence-electron chi connectivity index (χ2n) is 3.85. The molecule has 1 atom stereocenters. The molecule has 1 heteroatoms. The first-order valence-corrected chi connectivity index (χ1v) is 4.58. The summed E-state index contributed by atoms with van der Waals surface area (Å²) in [6, 6.07) is 0. The maximum Gasteiger partial charge on any atom is 0.133 e. The maximum absolute atomic E-state index is 11.2. The number of carbonyl (C=O) groups is 1. The lowest BCUT2D eigenvalue weighted by atomic mass is 9.97. The molecule has 0 saturated carbocycles. The van der Waals surface area contributed by atoms with E-state index in [-0.39, 0.29) is 0 Å². The fourth-order valence-corrected chi connectivity index (χ4v) is 1.07. The molecular formula is C10H20O. The van der Waals surface area contributed by atoms with Crippen molar-refractivity contribution in [2.45, 2.75) is 47.0 Å². The molecule has 0 rings (SSSR count). The van der Waals surface area contributed by atoms with Crippen molar-refractivity contribution in [1.29, 1.82) is 0 Å². The van der Waals surface area contributed by atoms with Gasteiger partial charge in [0.2, 0.25) is 0 Å². The number of carbonyl (C=O) groups excluding carboxylic acids is 1. The van der Waals surface area contributed by atoms with Crippen molar-refractivity contribution >= 4 is 5.78 Å². The summed E-state index contributed by atoms with van der Waals surface area (Å²) >= 11 is 0. The number of rotatable bonds is 5. The Bertz CT molecular complexity index is 116. The third-order valence-electron chi connectivity index (χ3n) is 1.91. The van der Waals surface area contributed by atoms with Gasteiger partial charge in [-0.2, -0.15) is 0 Å². The fraction of sp³-hybridized carbons (Fsp3) is 0.900. The highest BCUT2D eigenvalue weighted by Gasteiger charge is 2.08. The Kier molecular flexibility index (Phi) is 5.18. The summed E-state index contributed by atoms with van der Waals surface area (Å²) in [5.41, 5.74) is 0. The van der Waals surface area contributed by atoms with E-state index in [4.69, 9.17) is 0 Å². The number of ketones is 1. The summed E-state index contributed by atoms with van der Waals surface area (Å²) in [7, 11) is 0. The van der Waals surface area contributed by atoms with Crippen molar-refractivity contribution < 1.29 is 4.79 Å². The van der Waals surface area contributed by atoms with Gasteiger partial charge in [0, 0.05) is 12.8 Å². The molecule has 0 aliphatic carbocycles. The normalized spacial score (nSPS) is 13.5. The van der Waals surface area contributed by atoms with Crippen LogP contribution in [-0.2, 0) is 4.79 Å². The van der Waals surface area contributed by atoms with E-state index in [9.17, 15) is 4.79 Å². The smallest absolute Gasteiger partial charge is 0.133 e. The van der Waals surface area contributed by atoms with Crippen LogP contribution in [0.4, 0.5) is 0 Å². The quantitative estimate of drug-likeness (QED) is 0.598. The zero-order valence-electron chi connectivity index (χ0n) is 8.18. The van der Waals surface area contributed by atoms with Crippen LogP contribution in [0.25, 0.3) is 0 Å². The lowest BCUT2D eigenvalue weighted by molar-refractivity contribution is -0.120. The first-order valence-electron chi connectivity index (χ1n) is 4.58. The lowest BCUT2D eigenvalue weighted by Crippen LogP contribution is -2.07. The van der Waals surface area contributed by atoms with Crippen LogP contribution in [0.5, 0.6) is 0 Å². The molecule has 0 aromatic carbocycles. The first kappa shape index (κ1) is 10.7. The van der Waals surface area contributed by atoms with Gasteiger partial charge in [0.05, 0.1) is 0 Å². The van der Waals surface area contributed by atoms with Crippen molar-refractivity contribution in [3.8, 4) is 0 Å². The largest absolute Gasteiger partial charge is 0.300 e. The molecule has 0 fully saturated rings. The highest BCUT2D eigenvalue weighted by molar-refractivity contribution is 5.78. The van der Waals surface area contributed by atoms with E-state index >= 15 is 0 Å². The molecule has 11 heavy (non-hydrogen) atoms. The molecule has 1 unspecified atom stereocenters. The van der Waals surface area contributed by atoms with Crippen LogP contribution >= 0.6 is 0 Å². The van der Waals surface area contributed by atoms with Crippen molar-refractivity contribution in [2.75, 3.05) is 0 Å². The fourth-order valence-electron chi connectivity index (χ4n) is 1.07. The van der Waals surface area contributed by atoms with Crippen LogP contribution < -0.4 is 0 Å². The zero-order valence-corrected chi connectivity index (χ0v) is 8.18. The topological polar surface area (TPSA) is 17.1 Å². The predicted octanol–water partition coefficient (Wildman–Crippen LogP) is 3.04. The molecule has 1 nitrogen and oxygen atoms in total. The Morgan fingerprint density at radius 2 is 1.73 bits per heavy atom. The predicted molar refractivity (Wildman–Crippen MR) is 48.5 cm³/mol. The van der Waals surface area contributed by atoms with Crippen molar-refractivity contribution in [3.63, 3.8) is 0 Å². The summed E-state index contributed by atoms with van der Waals surface area (Å²) in [6.45, 7) is 8.45. The van der Waals surface area contributed by atoms with Gasteiger partial charge in [0.1, 0.15) is 5.78 Å². The monoisotopic (exact) mass is 156 g/mol. The minimum absolute atomic E-state index is 0.425. The van der Waals surface area contributed by atoms with E-state index in [2.05, 4.69) is 27.7 Å². The molecule has 0 bridgehead atoms. The van der Waals surface area contributed by atoms with E-state index in [1.54, 1.807) is 0 Å². The highest BCUT2D eigenvalue weighted by atomic mass is 16.1. The molecule has 0 aromatic rings. The van der Waals surface area contributed by atoms with Crippen LogP contribution in [0.2, 0.25) is 0 Å².